The second kappa shape index (κ2) is 2.68. The maximum Gasteiger partial charge on any atom is 0.327 e. The van der Waals surface area contributed by atoms with Crippen LogP contribution in [0.1, 0.15) is 6.92 Å². The Bertz CT molecular complexity index is 210. The number of hydrogen-bond acceptors (Lipinski definition) is 1. The van der Waals surface area contributed by atoms with Gasteiger partial charge in [-0.2, -0.15) is 0 Å². The summed E-state index contributed by atoms with van der Waals surface area (Å²) in [6.45, 7) is 1.89. The average molecular weight is 195 g/mol. The molecule has 2 atom stereocenters. The third kappa shape index (κ3) is 1.68. The minimum atomic E-state index is -0.965. The molecule has 0 bridgehead atoms. The van der Waals surface area contributed by atoms with Gasteiger partial charge in [-0.15, -0.1) is 23.2 Å². The van der Waals surface area contributed by atoms with E-state index < -0.39 is 10.3 Å². The molecule has 4 heteroatoms. The van der Waals surface area contributed by atoms with Crippen LogP contribution in [0.5, 0.6) is 0 Å². The van der Waals surface area contributed by atoms with Crippen molar-refractivity contribution in [3.63, 3.8) is 0 Å². The molecule has 1 fully saturated rings. The fraction of sp³-hybridized carbons (Fsp3) is 0.571. The van der Waals surface area contributed by atoms with Crippen molar-refractivity contribution in [1.29, 1.82) is 0 Å². The zero-order chi connectivity index (χ0) is 8.65. The quantitative estimate of drug-likeness (QED) is 0.540. The largest absolute Gasteiger partial charge is 0.478 e. The molecule has 1 N–H and O–H groups in total. The summed E-state index contributed by atoms with van der Waals surface area (Å²) in [4.78, 5) is 10.1. The molecule has 0 aliphatic heterocycles. The van der Waals surface area contributed by atoms with Crippen molar-refractivity contribution in [3.8, 4) is 0 Å². The summed E-state index contributed by atoms with van der Waals surface area (Å²) >= 11 is 11.5. The number of rotatable bonds is 2. The monoisotopic (exact) mass is 194 g/mol. The lowest BCUT2D eigenvalue weighted by atomic mass is 10.3. The maximum atomic E-state index is 10.1. The van der Waals surface area contributed by atoms with Crippen molar-refractivity contribution in [2.45, 2.75) is 11.3 Å². The highest BCUT2D eigenvalue weighted by Crippen LogP contribution is 2.59. The van der Waals surface area contributed by atoms with E-state index in [2.05, 4.69) is 0 Å². The summed E-state index contributed by atoms with van der Waals surface area (Å²) in [7, 11) is 0. The third-order valence-electron chi connectivity index (χ3n) is 1.93. The lowest BCUT2D eigenvalue weighted by Crippen LogP contribution is -1.90. The SMILES string of the molecule is C[C@@H]1[C@H](/C=C/C(=O)O)C1(Cl)Cl. The van der Waals surface area contributed by atoms with Gasteiger partial charge in [0.05, 0.1) is 0 Å². The predicted octanol–water partition coefficient (Wildman–Crippen LogP) is 2.07. The Morgan fingerprint density at radius 3 is 2.36 bits per heavy atom. The van der Waals surface area contributed by atoms with E-state index in [0.717, 1.165) is 6.08 Å². The van der Waals surface area contributed by atoms with Crippen molar-refractivity contribution in [2.75, 3.05) is 0 Å². The normalized spacial score (nSPS) is 34.1. The molecule has 0 spiro atoms. The van der Waals surface area contributed by atoms with Gasteiger partial charge in [0.1, 0.15) is 4.33 Å². The summed E-state index contributed by atoms with van der Waals surface area (Å²) < 4.78 is -0.744. The van der Waals surface area contributed by atoms with Crippen LogP contribution < -0.4 is 0 Å². The molecule has 1 rings (SSSR count). The summed E-state index contributed by atoms with van der Waals surface area (Å²) in [6.07, 6.45) is 2.61. The standard InChI is InChI=1S/C7H8Cl2O2/c1-4-5(7(4,8)9)2-3-6(10)11/h2-5H,1H3,(H,10,11)/b3-2+/t4-,5+/m1/s1. The topological polar surface area (TPSA) is 37.3 Å². The molecule has 0 saturated heterocycles. The van der Waals surface area contributed by atoms with Crippen LogP contribution in [0.25, 0.3) is 0 Å². The molecule has 0 unspecified atom stereocenters. The summed E-state index contributed by atoms with van der Waals surface area (Å²) in [5.74, 6) is -0.823. The summed E-state index contributed by atoms with van der Waals surface area (Å²) in [5.41, 5.74) is 0. The van der Waals surface area contributed by atoms with Crippen LogP contribution in [0.3, 0.4) is 0 Å². The van der Waals surface area contributed by atoms with Crippen molar-refractivity contribution < 1.29 is 9.90 Å². The first kappa shape index (κ1) is 8.88. The van der Waals surface area contributed by atoms with E-state index in [4.69, 9.17) is 28.3 Å². The highest BCUT2D eigenvalue weighted by Gasteiger charge is 2.58. The minimum absolute atomic E-state index is 0.0121. The summed E-state index contributed by atoms with van der Waals surface area (Å²) in [6, 6.07) is 0. The Kier molecular flexibility index (Phi) is 2.17. The van der Waals surface area contributed by atoms with Gasteiger partial charge in [-0.3, -0.25) is 0 Å². The highest BCUT2D eigenvalue weighted by molar-refractivity contribution is 6.51. The van der Waals surface area contributed by atoms with Gasteiger partial charge in [0, 0.05) is 12.0 Å². The van der Waals surface area contributed by atoms with Gasteiger partial charge >= 0.3 is 5.97 Å². The molecule has 0 heterocycles. The number of aliphatic carboxylic acids is 1. The molecular formula is C7H8Cl2O2. The Hall–Kier alpha value is -0.210. The number of carboxylic acid groups (broad SMARTS) is 1. The van der Waals surface area contributed by atoms with Crippen molar-refractivity contribution in [1.82, 2.24) is 0 Å². The lowest BCUT2D eigenvalue weighted by Gasteiger charge is -1.89. The first-order valence-corrected chi connectivity index (χ1v) is 4.01. The Balaban J connectivity index is 2.50. The molecule has 0 aromatic carbocycles. The zero-order valence-corrected chi connectivity index (χ0v) is 7.43. The summed E-state index contributed by atoms with van der Waals surface area (Å²) in [5, 5.41) is 8.27. The number of hydrogen-bond donors (Lipinski definition) is 1. The van der Waals surface area contributed by atoms with Gasteiger partial charge < -0.3 is 5.11 Å². The number of allylic oxidation sites excluding steroid dienone is 1. The fourth-order valence-corrected chi connectivity index (χ4v) is 1.66. The maximum absolute atomic E-state index is 10.1. The van der Waals surface area contributed by atoms with E-state index >= 15 is 0 Å². The predicted molar refractivity (Wildman–Crippen MR) is 43.9 cm³/mol. The van der Waals surface area contributed by atoms with Crippen LogP contribution in [0, 0.1) is 11.8 Å². The molecule has 1 aliphatic rings. The molecule has 0 radical (unpaired) electrons. The van der Waals surface area contributed by atoms with E-state index in [9.17, 15) is 4.79 Å². The number of carboxylic acids is 1. The number of alkyl halides is 2. The zero-order valence-electron chi connectivity index (χ0n) is 5.92. The molecule has 2 nitrogen and oxygen atoms in total. The van der Waals surface area contributed by atoms with Crippen molar-refractivity contribution in [2.24, 2.45) is 11.8 Å². The second-order valence-corrected chi connectivity index (χ2v) is 4.13. The van der Waals surface area contributed by atoms with Crippen molar-refractivity contribution in [3.05, 3.63) is 12.2 Å². The van der Waals surface area contributed by atoms with Crippen LogP contribution in [0.4, 0.5) is 0 Å². The second-order valence-electron chi connectivity index (χ2n) is 2.69. The van der Waals surface area contributed by atoms with Gasteiger partial charge in [0.2, 0.25) is 0 Å². The molecule has 1 saturated carbocycles. The minimum Gasteiger partial charge on any atom is -0.478 e. The van der Waals surface area contributed by atoms with E-state index in [-0.39, 0.29) is 11.8 Å². The van der Waals surface area contributed by atoms with Crippen LogP contribution in [0.2, 0.25) is 0 Å². The van der Waals surface area contributed by atoms with Gasteiger partial charge in [-0.05, 0) is 5.92 Å². The van der Waals surface area contributed by atoms with E-state index in [0.29, 0.717) is 0 Å². The van der Waals surface area contributed by atoms with Crippen molar-refractivity contribution >= 4 is 29.2 Å². The molecule has 1 aliphatic carbocycles. The molecule has 11 heavy (non-hydrogen) atoms. The smallest absolute Gasteiger partial charge is 0.327 e. The Morgan fingerprint density at radius 1 is 1.64 bits per heavy atom. The third-order valence-corrected chi connectivity index (χ3v) is 3.12. The first-order valence-electron chi connectivity index (χ1n) is 3.25. The molecule has 0 aromatic rings. The van der Waals surface area contributed by atoms with Crippen LogP contribution >= 0.6 is 23.2 Å². The van der Waals surface area contributed by atoms with Gasteiger partial charge in [-0.25, -0.2) is 4.79 Å². The Labute approximate surface area is 74.8 Å². The average Bonchev–Trinajstić information content (AvgIpc) is 2.30. The van der Waals surface area contributed by atoms with Gasteiger partial charge in [0.25, 0.3) is 0 Å². The van der Waals surface area contributed by atoms with E-state index in [1.165, 1.54) is 6.08 Å². The molecule has 62 valence electrons. The van der Waals surface area contributed by atoms with Crippen LogP contribution in [-0.4, -0.2) is 15.4 Å². The van der Waals surface area contributed by atoms with E-state index in [1.54, 1.807) is 0 Å². The van der Waals surface area contributed by atoms with Crippen LogP contribution in [0.15, 0.2) is 12.2 Å². The first-order chi connectivity index (χ1) is 4.96. The van der Waals surface area contributed by atoms with Crippen LogP contribution in [-0.2, 0) is 4.79 Å². The molecular weight excluding hydrogens is 187 g/mol. The molecule has 0 amide bonds. The highest BCUT2D eigenvalue weighted by atomic mass is 35.5. The fourth-order valence-electron chi connectivity index (χ4n) is 0.991. The molecule has 0 aromatic heterocycles. The number of halogens is 2. The number of carbonyl (C=O) groups is 1. The lowest BCUT2D eigenvalue weighted by molar-refractivity contribution is -0.131. The van der Waals surface area contributed by atoms with Gasteiger partial charge in [0.15, 0.2) is 0 Å². The van der Waals surface area contributed by atoms with Gasteiger partial charge in [-0.1, -0.05) is 13.0 Å². The van der Waals surface area contributed by atoms with E-state index in [1.807, 2.05) is 6.92 Å². The Morgan fingerprint density at radius 2 is 2.09 bits per heavy atom.